The number of aliphatic hydroxyl groups excluding tert-OH is 1. The molecule has 0 aromatic carbocycles. The van der Waals surface area contributed by atoms with E-state index < -0.39 is 0 Å². The maximum atomic E-state index is 9.69. The van der Waals surface area contributed by atoms with E-state index in [1.165, 1.54) is 12.8 Å². The molecule has 0 radical (unpaired) electrons. The van der Waals surface area contributed by atoms with Crippen LogP contribution < -0.4 is 5.32 Å². The third-order valence-electron chi connectivity index (χ3n) is 5.12. The SMILES string of the molecule is CC1CCN(CC2(CNC(C)(C)C)CCCOC2)C1CO. The fourth-order valence-electron chi connectivity index (χ4n) is 3.69. The molecule has 0 aromatic rings. The van der Waals surface area contributed by atoms with Gasteiger partial charge < -0.3 is 15.2 Å². The fraction of sp³-hybridized carbons (Fsp3) is 1.00. The number of aliphatic hydroxyl groups is 1. The minimum absolute atomic E-state index is 0.138. The van der Waals surface area contributed by atoms with Crippen LogP contribution in [-0.2, 0) is 4.74 Å². The number of rotatable bonds is 5. The highest BCUT2D eigenvalue weighted by Crippen LogP contribution is 2.33. The van der Waals surface area contributed by atoms with Gasteiger partial charge in [0.2, 0.25) is 0 Å². The third-order valence-corrected chi connectivity index (χ3v) is 5.12. The Morgan fingerprint density at radius 1 is 1.38 bits per heavy atom. The van der Waals surface area contributed by atoms with Crippen LogP contribution >= 0.6 is 0 Å². The Bertz CT molecular complexity index is 321. The van der Waals surface area contributed by atoms with Crippen molar-refractivity contribution in [3.05, 3.63) is 0 Å². The topological polar surface area (TPSA) is 44.7 Å². The van der Waals surface area contributed by atoms with Gasteiger partial charge in [-0.15, -0.1) is 0 Å². The van der Waals surface area contributed by atoms with Crippen LogP contribution in [0.25, 0.3) is 0 Å². The second-order valence-electron chi connectivity index (χ2n) is 8.25. The number of ether oxygens (including phenoxy) is 1. The van der Waals surface area contributed by atoms with Crippen LogP contribution in [0.1, 0.15) is 47.0 Å². The molecule has 2 saturated heterocycles. The van der Waals surface area contributed by atoms with E-state index in [1.807, 2.05) is 0 Å². The second kappa shape index (κ2) is 6.95. The second-order valence-corrected chi connectivity index (χ2v) is 8.25. The molecule has 3 atom stereocenters. The van der Waals surface area contributed by atoms with Crippen LogP contribution in [-0.4, -0.2) is 61.0 Å². The van der Waals surface area contributed by atoms with Gasteiger partial charge in [0.1, 0.15) is 0 Å². The van der Waals surface area contributed by atoms with Gasteiger partial charge in [-0.2, -0.15) is 0 Å². The Balaban J connectivity index is 2.02. The zero-order valence-corrected chi connectivity index (χ0v) is 14.3. The summed E-state index contributed by atoms with van der Waals surface area (Å²) in [5.41, 5.74) is 0.335. The van der Waals surface area contributed by atoms with Gasteiger partial charge in [-0.1, -0.05) is 6.92 Å². The summed E-state index contributed by atoms with van der Waals surface area (Å²) in [6.07, 6.45) is 3.58. The summed E-state index contributed by atoms with van der Waals surface area (Å²) in [6, 6.07) is 0.332. The quantitative estimate of drug-likeness (QED) is 0.813. The summed E-state index contributed by atoms with van der Waals surface area (Å²) in [7, 11) is 0. The smallest absolute Gasteiger partial charge is 0.0589 e. The van der Waals surface area contributed by atoms with Crippen molar-refractivity contribution < 1.29 is 9.84 Å². The van der Waals surface area contributed by atoms with Gasteiger partial charge >= 0.3 is 0 Å². The van der Waals surface area contributed by atoms with Crippen LogP contribution in [0.3, 0.4) is 0 Å². The van der Waals surface area contributed by atoms with E-state index in [4.69, 9.17) is 4.74 Å². The van der Waals surface area contributed by atoms with Crippen molar-refractivity contribution in [1.29, 1.82) is 0 Å². The van der Waals surface area contributed by atoms with Gasteiger partial charge in [-0.3, -0.25) is 4.90 Å². The molecule has 0 saturated carbocycles. The molecule has 0 aliphatic carbocycles. The van der Waals surface area contributed by atoms with Crippen LogP contribution in [0.2, 0.25) is 0 Å². The van der Waals surface area contributed by atoms with Crippen LogP contribution in [0.5, 0.6) is 0 Å². The summed E-state index contributed by atoms with van der Waals surface area (Å²) < 4.78 is 5.83. The first-order valence-corrected chi connectivity index (χ1v) is 8.53. The van der Waals surface area contributed by atoms with Crippen LogP contribution in [0.4, 0.5) is 0 Å². The first-order chi connectivity index (χ1) is 9.85. The highest BCUT2D eigenvalue weighted by atomic mass is 16.5. The van der Waals surface area contributed by atoms with E-state index in [-0.39, 0.29) is 17.6 Å². The van der Waals surface area contributed by atoms with Crippen molar-refractivity contribution >= 4 is 0 Å². The molecule has 2 heterocycles. The van der Waals surface area contributed by atoms with E-state index in [9.17, 15) is 5.11 Å². The van der Waals surface area contributed by atoms with Crippen molar-refractivity contribution in [2.75, 3.05) is 39.5 Å². The first-order valence-electron chi connectivity index (χ1n) is 8.53. The van der Waals surface area contributed by atoms with Crippen molar-refractivity contribution in [3.8, 4) is 0 Å². The van der Waals surface area contributed by atoms with Crippen molar-refractivity contribution in [3.63, 3.8) is 0 Å². The van der Waals surface area contributed by atoms with Gasteiger partial charge in [0, 0.05) is 36.7 Å². The summed E-state index contributed by atoms with van der Waals surface area (Å²) in [4.78, 5) is 2.50. The van der Waals surface area contributed by atoms with Gasteiger partial charge in [0.25, 0.3) is 0 Å². The Labute approximate surface area is 130 Å². The summed E-state index contributed by atoms with van der Waals surface area (Å²) >= 11 is 0. The third kappa shape index (κ3) is 4.65. The summed E-state index contributed by atoms with van der Waals surface area (Å²) in [5.74, 6) is 0.604. The lowest BCUT2D eigenvalue weighted by molar-refractivity contribution is -0.0350. The monoisotopic (exact) mass is 298 g/mol. The zero-order chi connectivity index (χ0) is 15.5. The van der Waals surface area contributed by atoms with Gasteiger partial charge in [-0.25, -0.2) is 0 Å². The lowest BCUT2D eigenvalue weighted by Gasteiger charge is -2.43. The van der Waals surface area contributed by atoms with Crippen molar-refractivity contribution in [2.24, 2.45) is 11.3 Å². The Kier molecular flexibility index (Phi) is 5.69. The molecule has 0 spiro atoms. The van der Waals surface area contributed by atoms with E-state index in [0.717, 1.165) is 39.3 Å². The average Bonchev–Trinajstić information content (AvgIpc) is 2.77. The molecule has 0 aromatic heterocycles. The predicted molar refractivity (Wildman–Crippen MR) is 86.5 cm³/mol. The molecule has 4 nitrogen and oxygen atoms in total. The molecule has 21 heavy (non-hydrogen) atoms. The molecule has 2 aliphatic rings. The van der Waals surface area contributed by atoms with Crippen molar-refractivity contribution in [1.82, 2.24) is 10.2 Å². The van der Waals surface area contributed by atoms with Crippen LogP contribution in [0.15, 0.2) is 0 Å². The highest BCUT2D eigenvalue weighted by Gasteiger charge is 2.40. The number of nitrogens with one attached hydrogen (secondary N) is 1. The normalized spacial score (nSPS) is 35.3. The maximum absolute atomic E-state index is 9.69. The molecule has 124 valence electrons. The molecular weight excluding hydrogens is 264 g/mol. The standard InChI is InChI=1S/C17H34N2O2/c1-14-6-8-19(15(14)10-20)12-17(7-5-9-21-13-17)11-18-16(2,3)4/h14-15,18,20H,5-13H2,1-4H3. The Morgan fingerprint density at radius 3 is 2.71 bits per heavy atom. The average molecular weight is 298 g/mol. The largest absolute Gasteiger partial charge is 0.395 e. The molecular formula is C17H34N2O2. The lowest BCUT2D eigenvalue weighted by Crippen LogP contribution is -2.53. The molecule has 0 amide bonds. The Hall–Kier alpha value is -0.160. The molecule has 2 rings (SSSR count). The van der Waals surface area contributed by atoms with Gasteiger partial charge in [0.05, 0.1) is 13.2 Å². The van der Waals surface area contributed by atoms with Crippen molar-refractivity contribution in [2.45, 2.75) is 58.5 Å². The fourth-order valence-corrected chi connectivity index (χ4v) is 3.69. The van der Waals surface area contributed by atoms with E-state index >= 15 is 0 Å². The maximum Gasteiger partial charge on any atom is 0.0589 e. The summed E-state index contributed by atoms with van der Waals surface area (Å²) in [6.45, 7) is 14.1. The number of likely N-dealkylation sites (tertiary alicyclic amines) is 1. The number of hydrogen-bond acceptors (Lipinski definition) is 4. The molecule has 0 bridgehead atoms. The van der Waals surface area contributed by atoms with Gasteiger partial charge in [0.15, 0.2) is 0 Å². The van der Waals surface area contributed by atoms with E-state index in [2.05, 4.69) is 37.9 Å². The molecule has 2 N–H and O–H groups in total. The van der Waals surface area contributed by atoms with E-state index in [0.29, 0.717) is 12.0 Å². The molecule has 2 aliphatic heterocycles. The minimum Gasteiger partial charge on any atom is -0.395 e. The van der Waals surface area contributed by atoms with E-state index in [1.54, 1.807) is 0 Å². The molecule has 3 unspecified atom stereocenters. The summed E-state index contributed by atoms with van der Waals surface area (Å²) in [5, 5.41) is 13.4. The highest BCUT2D eigenvalue weighted by molar-refractivity contribution is 4.94. The Morgan fingerprint density at radius 2 is 2.14 bits per heavy atom. The molecule has 4 heteroatoms. The lowest BCUT2D eigenvalue weighted by atomic mass is 9.81. The van der Waals surface area contributed by atoms with Gasteiger partial charge in [-0.05, 0) is 52.5 Å². The zero-order valence-electron chi connectivity index (χ0n) is 14.3. The van der Waals surface area contributed by atoms with Crippen LogP contribution in [0, 0.1) is 11.3 Å². The predicted octanol–water partition coefficient (Wildman–Crippen LogP) is 1.87. The molecule has 2 fully saturated rings. The number of hydrogen-bond donors (Lipinski definition) is 2. The first kappa shape index (κ1) is 17.2. The minimum atomic E-state index is 0.138. The number of nitrogens with zero attached hydrogens (tertiary/aromatic N) is 1.